The molecule has 26 heavy (non-hydrogen) atoms. The van der Waals surface area contributed by atoms with Gasteiger partial charge in [0.05, 0.1) is 5.52 Å². The van der Waals surface area contributed by atoms with Gasteiger partial charge in [0.1, 0.15) is 5.82 Å². The lowest BCUT2D eigenvalue weighted by molar-refractivity contribution is 0.223. The fourth-order valence-corrected chi connectivity index (χ4v) is 4.88. The van der Waals surface area contributed by atoms with Crippen LogP contribution in [0.25, 0.3) is 22.7 Å². The van der Waals surface area contributed by atoms with Gasteiger partial charge >= 0.3 is 0 Å². The second kappa shape index (κ2) is 5.82. The second-order valence-electron chi connectivity index (χ2n) is 7.68. The summed E-state index contributed by atoms with van der Waals surface area (Å²) >= 11 is 0. The number of para-hydroxylation sites is 1. The summed E-state index contributed by atoms with van der Waals surface area (Å²) < 4.78 is 15.7. The standard InChI is InChI=1S/C23H23FN2/c1-15(16-7-9-17(24)10-8-16)14-26-20-6-4-3-5-19(20)23-21-12-11-18(25(21)2)13-22(23)26/h3-10,14,18,21H,11-13H2,1-2H3/t18-,21+/m1/s1. The van der Waals surface area contributed by atoms with Gasteiger partial charge in [0.2, 0.25) is 0 Å². The highest BCUT2D eigenvalue weighted by Gasteiger charge is 2.40. The Morgan fingerprint density at radius 3 is 2.65 bits per heavy atom. The maximum Gasteiger partial charge on any atom is 0.123 e. The Kier molecular flexibility index (Phi) is 3.54. The molecular formula is C23H23FN2. The molecule has 2 aliphatic heterocycles. The molecule has 0 spiro atoms. The van der Waals surface area contributed by atoms with Gasteiger partial charge in [-0.3, -0.25) is 4.90 Å². The minimum Gasteiger partial charge on any atom is -0.320 e. The Balaban J connectivity index is 1.71. The van der Waals surface area contributed by atoms with Crippen molar-refractivity contribution in [3.63, 3.8) is 0 Å². The molecular weight excluding hydrogens is 323 g/mol. The summed E-state index contributed by atoms with van der Waals surface area (Å²) in [5.41, 5.74) is 6.46. The van der Waals surface area contributed by atoms with Crippen molar-refractivity contribution in [2.45, 2.75) is 38.3 Å². The van der Waals surface area contributed by atoms with Gasteiger partial charge in [0.15, 0.2) is 0 Å². The molecule has 2 bridgehead atoms. The van der Waals surface area contributed by atoms with Gasteiger partial charge in [-0.2, -0.15) is 0 Å². The third-order valence-electron chi connectivity index (χ3n) is 6.28. The van der Waals surface area contributed by atoms with E-state index in [9.17, 15) is 4.39 Å². The van der Waals surface area contributed by atoms with E-state index in [1.165, 1.54) is 47.1 Å². The van der Waals surface area contributed by atoms with Crippen LogP contribution in [0.3, 0.4) is 0 Å². The SMILES string of the molecule is CC(=Cn1c2c(c3ccccc31)[C@@H]1CC[C@H](C2)N1C)c1ccc(F)cc1. The number of benzene rings is 2. The summed E-state index contributed by atoms with van der Waals surface area (Å²) in [7, 11) is 2.27. The molecule has 1 saturated heterocycles. The number of fused-ring (bicyclic) bond motifs is 6. The fraction of sp³-hybridized carbons (Fsp3) is 0.304. The summed E-state index contributed by atoms with van der Waals surface area (Å²) in [5, 5.41) is 1.38. The smallest absolute Gasteiger partial charge is 0.123 e. The molecule has 0 unspecified atom stereocenters. The lowest BCUT2D eigenvalue weighted by Gasteiger charge is -2.32. The number of rotatable bonds is 2. The molecule has 2 aromatic carbocycles. The molecule has 2 nitrogen and oxygen atoms in total. The first-order valence-corrected chi connectivity index (χ1v) is 9.41. The minimum absolute atomic E-state index is 0.190. The van der Waals surface area contributed by atoms with Gasteiger partial charge in [-0.15, -0.1) is 0 Å². The van der Waals surface area contributed by atoms with Crippen molar-refractivity contribution in [3.05, 3.63) is 71.2 Å². The molecule has 2 aliphatic rings. The van der Waals surface area contributed by atoms with Crippen molar-refractivity contribution in [1.82, 2.24) is 9.47 Å². The normalized spacial score (nSPS) is 22.8. The quantitative estimate of drug-likeness (QED) is 0.596. The maximum atomic E-state index is 13.3. The molecule has 0 amide bonds. The van der Waals surface area contributed by atoms with Crippen LogP contribution >= 0.6 is 0 Å². The lowest BCUT2D eigenvalue weighted by atomic mass is 9.97. The highest BCUT2D eigenvalue weighted by Crippen LogP contribution is 2.47. The van der Waals surface area contributed by atoms with Gasteiger partial charge in [0.25, 0.3) is 0 Å². The van der Waals surface area contributed by atoms with E-state index in [2.05, 4.69) is 53.9 Å². The first-order valence-electron chi connectivity index (χ1n) is 9.41. The molecule has 0 radical (unpaired) electrons. The van der Waals surface area contributed by atoms with Crippen molar-refractivity contribution >= 4 is 22.7 Å². The zero-order chi connectivity index (χ0) is 17.8. The van der Waals surface area contributed by atoms with E-state index in [-0.39, 0.29) is 5.82 Å². The average molecular weight is 346 g/mol. The Morgan fingerprint density at radius 2 is 1.85 bits per heavy atom. The van der Waals surface area contributed by atoms with Crippen LogP contribution in [-0.2, 0) is 6.42 Å². The summed E-state index contributed by atoms with van der Waals surface area (Å²) in [6.07, 6.45) is 5.87. The van der Waals surface area contributed by atoms with Crippen LogP contribution in [0.2, 0.25) is 0 Å². The van der Waals surface area contributed by atoms with E-state index in [0.717, 1.165) is 17.6 Å². The summed E-state index contributed by atoms with van der Waals surface area (Å²) in [4.78, 5) is 2.57. The number of likely N-dealkylation sites (N-methyl/N-ethyl adjacent to an activating group) is 1. The largest absolute Gasteiger partial charge is 0.320 e. The summed E-state index contributed by atoms with van der Waals surface area (Å²) in [6, 6.07) is 16.7. The van der Waals surface area contributed by atoms with Gasteiger partial charge in [-0.1, -0.05) is 30.3 Å². The monoisotopic (exact) mass is 346 g/mol. The Hall–Kier alpha value is -2.39. The molecule has 3 heterocycles. The molecule has 3 aromatic rings. The van der Waals surface area contributed by atoms with Gasteiger partial charge in [0, 0.05) is 35.8 Å². The van der Waals surface area contributed by atoms with Crippen LogP contribution in [-0.4, -0.2) is 22.6 Å². The minimum atomic E-state index is -0.190. The van der Waals surface area contributed by atoms with Gasteiger partial charge < -0.3 is 4.57 Å². The Bertz CT molecular complexity index is 1010. The zero-order valence-corrected chi connectivity index (χ0v) is 15.2. The highest BCUT2D eigenvalue weighted by atomic mass is 19.1. The predicted molar refractivity (Wildman–Crippen MR) is 105 cm³/mol. The van der Waals surface area contributed by atoms with Crippen molar-refractivity contribution in [2.24, 2.45) is 0 Å². The van der Waals surface area contributed by atoms with Gasteiger partial charge in [-0.05, 0) is 61.7 Å². The Labute approximate surface area is 153 Å². The topological polar surface area (TPSA) is 8.17 Å². The number of hydrogen-bond donors (Lipinski definition) is 0. The van der Waals surface area contributed by atoms with Crippen LogP contribution in [0.1, 0.15) is 42.6 Å². The number of hydrogen-bond acceptors (Lipinski definition) is 1. The van der Waals surface area contributed by atoms with E-state index >= 15 is 0 Å². The highest BCUT2D eigenvalue weighted by molar-refractivity contribution is 5.90. The predicted octanol–water partition coefficient (Wildman–Crippen LogP) is 5.49. The van der Waals surface area contributed by atoms with E-state index in [0.29, 0.717) is 12.1 Å². The molecule has 0 saturated carbocycles. The van der Waals surface area contributed by atoms with Crippen LogP contribution < -0.4 is 0 Å². The van der Waals surface area contributed by atoms with Crippen molar-refractivity contribution < 1.29 is 4.39 Å². The third-order valence-corrected chi connectivity index (χ3v) is 6.28. The second-order valence-corrected chi connectivity index (χ2v) is 7.68. The molecule has 1 aromatic heterocycles. The van der Waals surface area contributed by atoms with E-state index in [1.54, 1.807) is 0 Å². The zero-order valence-electron chi connectivity index (χ0n) is 15.2. The molecule has 132 valence electrons. The van der Waals surface area contributed by atoms with Gasteiger partial charge in [-0.25, -0.2) is 4.39 Å². The van der Waals surface area contributed by atoms with E-state index < -0.39 is 0 Å². The Morgan fingerprint density at radius 1 is 1.08 bits per heavy atom. The summed E-state index contributed by atoms with van der Waals surface area (Å²) in [6.45, 7) is 2.11. The average Bonchev–Trinajstić information content (AvgIpc) is 3.07. The molecule has 1 fully saturated rings. The van der Waals surface area contributed by atoms with E-state index in [4.69, 9.17) is 0 Å². The maximum absolute atomic E-state index is 13.3. The summed E-state index contributed by atoms with van der Waals surface area (Å²) in [5.74, 6) is -0.190. The molecule has 2 atom stereocenters. The van der Waals surface area contributed by atoms with Crippen LogP contribution in [0.15, 0.2) is 48.5 Å². The van der Waals surface area contributed by atoms with E-state index in [1.807, 2.05) is 12.1 Å². The van der Waals surface area contributed by atoms with Crippen LogP contribution in [0.5, 0.6) is 0 Å². The van der Waals surface area contributed by atoms with Crippen LogP contribution in [0, 0.1) is 5.82 Å². The molecule has 0 N–H and O–H groups in total. The van der Waals surface area contributed by atoms with Crippen molar-refractivity contribution in [1.29, 1.82) is 0 Å². The van der Waals surface area contributed by atoms with Crippen LogP contribution in [0.4, 0.5) is 4.39 Å². The lowest BCUT2D eigenvalue weighted by Crippen LogP contribution is -2.34. The molecule has 3 heteroatoms. The molecule has 0 aliphatic carbocycles. The van der Waals surface area contributed by atoms with Crippen molar-refractivity contribution in [2.75, 3.05) is 7.05 Å². The first-order chi connectivity index (χ1) is 12.6. The number of nitrogens with zero attached hydrogens (tertiary/aromatic N) is 2. The third kappa shape index (κ3) is 2.27. The molecule has 5 rings (SSSR count). The number of aromatic nitrogens is 1. The fourth-order valence-electron chi connectivity index (χ4n) is 4.88. The first kappa shape index (κ1) is 15.8. The van der Waals surface area contributed by atoms with Crippen molar-refractivity contribution in [3.8, 4) is 0 Å². The number of halogens is 1. The number of allylic oxidation sites excluding steroid dienone is 1.